The molecule has 0 bridgehead atoms. The summed E-state index contributed by atoms with van der Waals surface area (Å²) in [5, 5.41) is 1.17. The van der Waals surface area contributed by atoms with E-state index in [0.29, 0.717) is 22.6 Å². The van der Waals surface area contributed by atoms with Gasteiger partial charge in [0.25, 0.3) is 5.56 Å². The first-order valence-electron chi connectivity index (χ1n) is 9.00. The minimum Gasteiger partial charge on any atom is -0.341 e. The molecule has 0 atom stereocenters. The molecule has 3 aromatic rings. The van der Waals surface area contributed by atoms with Gasteiger partial charge in [0.05, 0.1) is 16.7 Å². The molecule has 0 aliphatic carbocycles. The third kappa shape index (κ3) is 4.47. The van der Waals surface area contributed by atoms with E-state index in [0.717, 1.165) is 10.0 Å². The second-order valence-corrected chi connectivity index (χ2v) is 8.61. The highest BCUT2D eigenvalue weighted by atomic mass is 79.9. The molecule has 0 aliphatic rings. The number of halogens is 1. The number of fused-ring (bicyclic) bond motifs is 1. The lowest BCUT2D eigenvalue weighted by Crippen LogP contribution is -2.29. The number of amides is 1. The number of benzene rings is 2. The summed E-state index contributed by atoms with van der Waals surface area (Å²) in [5.41, 5.74) is 1.63. The normalized spacial score (nSPS) is 11.2. The van der Waals surface area contributed by atoms with Gasteiger partial charge in [0, 0.05) is 24.1 Å². The highest BCUT2D eigenvalue weighted by molar-refractivity contribution is 9.10. The van der Waals surface area contributed by atoms with Crippen LogP contribution in [0.5, 0.6) is 0 Å². The lowest BCUT2D eigenvalue weighted by molar-refractivity contribution is -0.127. The lowest BCUT2D eigenvalue weighted by atomic mass is 10.2. The van der Waals surface area contributed by atoms with Crippen molar-refractivity contribution in [3.63, 3.8) is 0 Å². The van der Waals surface area contributed by atoms with Crippen LogP contribution in [0.3, 0.4) is 0 Å². The van der Waals surface area contributed by atoms with Crippen molar-refractivity contribution in [2.45, 2.75) is 31.6 Å². The predicted octanol–water partition coefficient (Wildman–Crippen LogP) is 4.49. The van der Waals surface area contributed by atoms with Crippen molar-refractivity contribution in [2.24, 2.45) is 0 Å². The van der Waals surface area contributed by atoms with Crippen LogP contribution in [0.25, 0.3) is 10.9 Å². The smallest absolute Gasteiger partial charge is 0.262 e. The standard InChI is InChI=1S/C21H22BrN3O2S/c1-14(2)25-20(27)16-9-5-7-11-18(16)23-21(25)28-13-19(26)24(3)12-15-8-4-6-10-17(15)22/h4-11,14H,12-13H2,1-3H3. The van der Waals surface area contributed by atoms with Crippen molar-refractivity contribution in [3.8, 4) is 0 Å². The van der Waals surface area contributed by atoms with E-state index in [2.05, 4.69) is 20.9 Å². The Morgan fingerprint density at radius 3 is 2.57 bits per heavy atom. The molecule has 146 valence electrons. The Balaban J connectivity index is 1.79. The number of rotatable bonds is 6. The highest BCUT2D eigenvalue weighted by Gasteiger charge is 2.17. The van der Waals surface area contributed by atoms with E-state index >= 15 is 0 Å². The molecule has 5 nitrogen and oxygen atoms in total. The molecule has 1 amide bonds. The number of para-hydroxylation sites is 1. The fourth-order valence-electron chi connectivity index (χ4n) is 2.89. The van der Waals surface area contributed by atoms with Crippen LogP contribution in [0.1, 0.15) is 25.5 Å². The third-order valence-electron chi connectivity index (χ3n) is 4.41. The molecule has 7 heteroatoms. The summed E-state index contributed by atoms with van der Waals surface area (Å²) in [6.45, 7) is 4.41. The molecule has 28 heavy (non-hydrogen) atoms. The van der Waals surface area contributed by atoms with Gasteiger partial charge in [0.15, 0.2) is 5.16 Å². The maximum absolute atomic E-state index is 12.9. The first kappa shape index (κ1) is 20.6. The average molecular weight is 460 g/mol. The van der Waals surface area contributed by atoms with Gasteiger partial charge in [0.1, 0.15) is 0 Å². The number of nitrogens with zero attached hydrogens (tertiary/aromatic N) is 3. The zero-order chi connectivity index (χ0) is 20.3. The van der Waals surface area contributed by atoms with E-state index in [4.69, 9.17) is 0 Å². The second-order valence-electron chi connectivity index (χ2n) is 6.81. The number of aromatic nitrogens is 2. The van der Waals surface area contributed by atoms with Crippen LogP contribution in [-0.4, -0.2) is 33.2 Å². The first-order chi connectivity index (χ1) is 13.4. The monoisotopic (exact) mass is 459 g/mol. The van der Waals surface area contributed by atoms with Gasteiger partial charge >= 0.3 is 0 Å². The van der Waals surface area contributed by atoms with Crippen LogP contribution in [0.15, 0.2) is 63.0 Å². The molecule has 0 N–H and O–H groups in total. The van der Waals surface area contributed by atoms with Crippen molar-refractivity contribution in [1.29, 1.82) is 0 Å². The molecule has 0 radical (unpaired) electrons. The Morgan fingerprint density at radius 1 is 1.18 bits per heavy atom. The van der Waals surface area contributed by atoms with E-state index in [1.807, 2.05) is 56.3 Å². The Bertz CT molecular complexity index is 1060. The van der Waals surface area contributed by atoms with Crippen LogP contribution in [-0.2, 0) is 11.3 Å². The lowest BCUT2D eigenvalue weighted by Gasteiger charge is -2.19. The van der Waals surface area contributed by atoms with Gasteiger partial charge in [-0.3, -0.25) is 14.2 Å². The van der Waals surface area contributed by atoms with Crippen LogP contribution < -0.4 is 5.56 Å². The largest absolute Gasteiger partial charge is 0.341 e. The summed E-state index contributed by atoms with van der Waals surface area (Å²) in [7, 11) is 1.78. The van der Waals surface area contributed by atoms with E-state index in [-0.39, 0.29) is 23.3 Å². The van der Waals surface area contributed by atoms with Gasteiger partial charge in [-0.1, -0.05) is 58.0 Å². The van der Waals surface area contributed by atoms with Crippen LogP contribution >= 0.6 is 27.7 Å². The summed E-state index contributed by atoms with van der Waals surface area (Å²) in [6.07, 6.45) is 0. The van der Waals surface area contributed by atoms with E-state index in [1.54, 1.807) is 22.6 Å². The molecule has 0 unspecified atom stereocenters. The second kappa shape index (κ2) is 8.92. The van der Waals surface area contributed by atoms with E-state index in [9.17, 15) is 9.59 Å². The summed E-state index contributed by atoms with van der Waals surface area (Å²) < 4.78 is 2.64. The van der Waals surface area contributed by atoms with Crippen molar-refractivity contribution >= 4 is 44.5 Å². The molecule has 0 fully saturated rings. The summed E-state index contributed by atoms with van der Waals surface area (Å²) in [5.74, 6) is 0.205. The van der Waals surface area contributed by atoms with E-state index in [1.165, 1.54) is 11.8 Å². The number of hydrogen-bond donors (Lipinski definition) is 0. The summed E-state index contributed by atoms with van der Waals surface area (Å²) in [6, 6.07) is 15.1. The number of carbonyl (C=O) groups excluding carboxylic acids is 1. The quantitative estimate of drug-likeness (QED) is 0.402. The predicted molar refractivity (Wildman–Crippen MR) is 118 cm³/mol. The molecule has 0 aliphatic heterocycles. The van der Waals surface area contributed by atoms with Crippen LogP contribution in [0, 0.1) is 0 Å². The third-order valence-corrected chi connectivity index (χ3v) is 6.12. The molecule has 0 saturated carbocycles. The molecule has 0 saturated heterocycles. The SMILES string of the molecule is CC(C)n1c(SCC(=O)N(C)Cc2ccccc2Br)nc2ccccc2c1=O. The van der Waals surface area contributed by atoms with Crippen molar-refractivity contribution in [1.82, 2.24) is 14.5 Å². The molecule has 0 spiro atoms. The van der Waals surface area contributed by atoms with Crippen LogP contribution in [0.4, 0.5) is 0 Å². The van der Waals surface area contributed by atoms with E-state index < -0.39 is 0 Å². The number of hydrogen-bond acceptors (Lipinski definition) is 4. The maximum Gasteiger partial charge on any atom is 0.262 e. The van der Waals surface area contributed by atoms with Gasteiger partial charge in [-0.15, -0.1) is 0 Å². The van der Waals surface area contributed by atoms with Crippen molar-refractivity contribution < 1.29 is 4.79 Å². The summed E-state index contributed by atoms with van der Waals surface area (Å²) in [4.78, 5) is 31.8. The van der Waals surface area contributed by atoms with Crippen molar-refractivity contribution in [3.05, 3.63) is 68.9 Å². The van der Waals surface area contributed by atoms with Crippen molar-refractivity contribution in [2.75, 3.05) is 12.8 Å². The molecule has 3 rings (SSSR count). The maximum atomic E-state index is 12.9. The molecule has 1 aromatic heterocycles. The number of carbonyl (C=O) groups is 1. The zero-order valence-corrected chi connectivity index (χ0v) is 18.5. The minimum absolute atomic E-state index is 0.0153. The Hall–Kier alpha value is -2.12. The molecule has 1 heterocycles. The molecular formula is C21H22BrN3O2S. The Kier molecular flexibility index (Phi) is 6.57. The van der Waals surface area contributed by atoms with Gasteiger partial charge in [-0.25, -0.2) is 4.98 Å². The first-order valence-corrected chi connectivity index (χ1v) is 10.8. The van der Waals surface area contributed by atoms with Gasteiger partial charge < -0.3 is 4.90 Å². The minimum atomic E-state index is -0.0721. The average Bonchev–Trinajstić information content (AvgIpc) is 2.67. The van der Waals surface area contributed by atoms with Gasteiger partial charge in [-0.05, 0) is 37.6 Å². The Morgan fingerprint density at radius 2 is 1.86 bits per heavy atom. The van der Waals surface area contributed by atoms with Gasteiger partial charge in [-0.2, -0.15) is 0 Å². The fraction of sp³-hybridized carbons (Fsp3) is 0.286. The highest BCUT2D eigenvalue weighted by Crippen LogP contribution is 2.22. The van der Waals surface area contributed by atoms with Gasteiger partial charge in [0.2, 0.25) is 5.91 Å². The Labute approximate surface area is 176 Å². The fourth-order valence-corrected chi connectivity index (χ4v) is 4.37. The zero-order valence-electron chi connectivity index (χ0n) is 16.1. The van der Waals surface area contributed by atoms with Crippen LogP contribution in [0.2, 0.25) is 0 Å². The molecule has 2 aromatic carbocycles. The molecular weight excluding hydrogens is 438 g/mol. The number of thioether (sulfide) groups is 1. The topological polar surface area (TPSA) is 55.2 Å². The summed E-state index contributed by atoms with van der Waals surface area (Å²) >= 11 is 4.82.